The predicted octanol–water partition coefficient (Wildman–Crippen LogP) is 6.70. The van der Waals surface area contributed by atoms with Gasteiger partial charge in [-0.3, -0.25) is 14.4 Å². The molecule has 0 radical (unpaired) electrons. The van der Waals surface area contributed by atoms with Crippen LogP contribution in [0.3, 0.4) is 0 Å². The Kier molecular flexibility index (Phi) is 15.7. The lowest BCUT2D eigenvalue weighted by Crippen LogP contribution is -2.42. The van der Waals surface area contributed by atoms with Gasteiger partial charge in [0.15, 0.2) is 0 Å². The summed E-state index contributed by atoms with van der Waals surface area (Å²) in [6.07, 6.45) is 4.81. The Balaban J connectivity index is 1.33. The molecule has 8 heteroatoms. The van der Waals surface area contributed by atoms with Crippen molar-refractivity contribution >= 4 is 17.8 Å². The highest BCUT2D eigenvalue weighted by molar-refractivity contribution is 5.86. The Labute approximate surface area is 301 Å². The molecule has 4 aromatic carbocycles. The fraction of sp³-hybridized carbons (Fsp3) is 0.279. The smallest absolute Gasteiger partial charge is 0.309 e. The Morgan fingerprint density at radius 3 is 1.86 bits per heavy atom. The number of benzene rings is 4. The van der Waals surface area contributed by atoms with Crippen molar-refractivity contribution in [1.82, 2.24) is 10.6 Å². The summed E-state index contributed by atoms with van der Waals surface area (Å²) < 4.78 is 11.7. The van der Waals surface area contributed by atoms with E-state index in [-0.39, 0.29) is 43.8 Å². The Morgan fingerprint density at radius 1 is 0.686 bits per heavy atom. The number of ether oxygens (including phenoxy) is 2. The monoisotopic (exact) mass is 688 g/mol. The first kappa shape index (κ1) is 38.3. The topological polar surface area (TPSA) is 114 Å². The molecule has 4 rings (SSSR count). The second kappa shape index (κ2) is 20.9. The minimum absolute atomic E-state index is 0.0767. The SMILES string of the molecule is C=CC[C@@H](CC(=O)N[C@H](CO)Cc1ccc(OCc2ccccc2)cc1)C(=O)N[C@@H](COC(=O)[C@H](CC=C)Cc1ccccc1)c1ccccc1. The molecular weight excluding hydrogens is 640 g/mol. The van der Waals surface area contributed by atoms with Crippen LogP contribution in [-0.2, 0) is 38.6 Å². The number of carbonyl (C=O) groups is 3. The highest BCUT2D eigenvalue weighted by atomic mass is 16.5. The fourth-order valence-corrected chi connectivity index (χ4v) is 5.75. The zero-order valence-electron chi connectivity index (χ0n) is 29.0. The molecule has 0 saturated heterocycles. The van der Waals surface area contributed by atoms with E-state index in [0.717, 1.165) is 28.0 Å². The summed E-state index contributed by atoms with van der Waals surface area (Å²) in [4.78, 5) is 40.1. The van der Waals surface area contributed by atoms with Crippen LogP contribution in [0.2, 0.25) is 0 Å². The normalized spacial score (nSPS) is 13.1. The molecule has 0 aliphatic heterocycles. The second-order valence-electron chi connectivity index (χ2n) is 12.5. The van der Waals surface area contributed by atoms with Gasteiger partial charge in [-0.1, -0.05) is 115 Å². The summed E-state index contributed by atoms with van der Waals surface area (Å²) in [6.45, 7) is 7.70. The van der Waals surface area contributed by atoms with Crippen molar-refractivity contribution in [3.63, 3.8) is 0 Å². The van der Waals surface area contributed by atoms with Crippen LogP contribution in [0.5, 0.6) is 5.75 Å². The van der Waals surface area contributed by atoms with Crippen LogP contribution in [0.25, 0.3) is 0 Å². The zero-order valence-corrected chi connectivity index (χ0v) is 29.0. The van der Waals surface area contributed by atoms with E-state index in [4.69, 9.17) is 9.47 Å². The van der Waals surface area contributed by atoms with E-state index in [1.165, 1.54) is 0 Å². The number of nitrogens with one attached hydrogen (secondary N) is 2. The first-order valence-electron chi connectivity index (χ1n) is 17.3. The van der Waals surface area contributed by atoms with Gasteiger partial charge in [0, 0.05) is 6.42 Å². The van der Waals surface area contributed by atoms with Crippen molar-refractivity contribution in [3.05, 3.63) is 163 Å². The Hall–Kier alpha value is -5.47. The number of hydrogen-bond donors (Lipinski definition) is 3. The third kappa shape index (κ3) is 13.1. The van der Waals surface area contributed by atoms with Crippen LogP contribution in [0.4, 0.5) is 0 Å². The van der Waals surface area contributed by atoms with Crippen LogP contribution in [0.15, 0.2) is 141 Å². The van der Waals surface area contributed by atoms with Crippen molar-refractivity contribution in [2.24, 2.45) is 11.8 Å². The molecule has 0 aromatic heterocycles. The highest BCUT2D eigenvalue weighted by Gasteiger charge is 2.27. The molecule has 0 aliphatic rings. The lowest BCUT2D eigenvalue weighted by atomic mass is 9.96. The van der Waals surface area contributed by atoms with Gasteiger partial charge in [0.1, 0.15) is 19.0 Å². The Bertz CT molecular complexity index is 1660. The third-order valence-corrected chi connectivity index (χ3v) is 8.51. The van der Waals surface area contributed by atoms with E-state index in [2.05, 4.69) is 23.8 Å². The van der Waals surface area contributed by atoms with Crippen LogP contribution in [0.1, 0.15) is 47.6 Å². The second-order valence-corrected chi connectivity index (χ2v) is 12.5. The Morgan fingerprint density at radius 2 is 1.25 bits per heavy atom. The molecule has 2 amide bonds. The molecule has 3 N–H and O–H groups in total. The summed E-state index contributed by atoms with van der Waals surface area (Å²) in [5.74, 6) is -1.53. The number of allylic oxidation sites excluding steroid dienone is 2. The van der Waals surface area contributed by atoms with E-state index < -0.39 is 23.9 Å². The van der Waals surface area contributed by atoms with Gasteiger partial charge in [0.25, 0.3) is 0 Å². The van der Waals surface area contributed by atoms with Crippen molar-refractivity contribution in [3.8, 4) is 5.75 Å². The summed E-state index contributed by atoms with van der Waals surface area (Å²) >= 11 is 0. The molecule has 4 aromatic rings. The molecule has 0 bridgehead atoms. The largest absolute Gasteiger partial charge is 0.489 e. The summed E-state index contributed by atoms with van der Waals surface area (Å²) in [5.41, 5.74) is 3.77. The summed E-state index contributed by atoms with van der Waals surface area (Å²) in [7, 11) is 0. The summed E-state index contributed by atoms with van der Waals surface area (Å²) in [5, 5.41) is 16.0. The lowest BCUT2D eigenvalue weighted by Gasteiger charge is -2.24. The van der Waals surface area contributed by atoms with Crippen molar-refractivity contribution < 1.29 is 29.0 Å². The minimum Gasteiger partial charge on any atom is -0.489 e. The molecule has 0 heterocycles. The van der Waals surface area contributed by atoms with Crippen molar-refractivity contribution in [2.75, 3.05) is 13.2 Å². The average Bonchev–Trinajstić information content (AvgIpc) is 3.16. The molecule has 266 valence electrons. The van der Waals surface area contributed by atoms with Gasteiger partial charge in [-0.05, 0) is 60.1 Å². The van der Waals surface area contributed by atoms with Gasteiger partial charge in [-0.25, -0.2) is 0 Å². The highest BCUT2D eigenvalue weighted by Crippen LogP contribution is 2.21. The van der Waals surface area contributed by atoms with Crippen LogP contribution in [-0.4, -0.2) is 42.1 Å². The quantitative estimate of drug-likeness (QED) is 0.0663. The maximum Gasteiger partial charge on any atom is 0.309 e. The van der Waals surface area contributed by atoms with Gasteiger partial charge < -0.3 is 25.2 Å². The number of rotatable bonds is 21. The van der Waals surface area contributed by atoms with E-state index in [0.29, 0.717) is 25.9 Å². The van der Waals surface area contributed by atoms with E-state index in [9.17, 15) is 19.5 Å². The van der Waals surface area contributed by atoms with Crippen LogP contribution < -0.4 is 15.4 Å². The van der Waals surface area contributed by atoms with Crippen molar-refractivity contribution in [2.45, 2.75) is 50.8 Å². The molecule has 0 aliphatic carbocycles. The minimum atomic E-state index is -0.726. The molecule has 4 atom stereocenters. The molecule has 0 spiro atoms. The molecule has 0 unspecified atom stereocenters. The van der Waals surface area contributed by atoms with Crippen LogP contribution >= 0.6 is 0 Å². The average molecular weight is 689 g/mol. The molecular formula is C43H48N2O6. The van der Waals surface area contributed by atoms with Crippen molar-refractivity contribution in [1.29, 1.82) is 0 Å². The van der Waals surface area contributed by atoms with Crippen LogP contribution in [0, 0.1) is 11.8 Å². The lowest BCUT2D eigenvalue weighted by molar-refractivity contribution is -0.150. The fourth-order valence-electron chi connectivity index (χ4n) is 5.75. The molecule has 0 saturated carbocycles. The number of aliphatic hydroxyl groups excluding tert-OH is 1. The van der Waals surface area contributed by atoms with Gasteiger partial charge in [0.2, 0.25) is 11.8 Å². The molecule has 8 nitrogen and oxygen atoms in total. The zero-order chi connectivity index (χ0) is 36.3. The number of esters is 1. The van der Waals surface area contributed by atoms with E-state index >= 15 is 0 Å². The first-order chi connectivity index (χ1) is 24.9. The standard InChI is InChI=1S/C43H48N2O6/c1-3-14-36(28-41(47)44-38(29-46)27-33-22-24-39(25-23-33)50-30-34-18-10-6-11-19-34)42(48)45-40(35-20-12-7-13-21-35)31-51-43(49)37(15-4-2)26-32-16-8-5-9-17-32/h3-13,16-25,36-38,40,46H,1-2,14-15,26-31H2,(H,44,47)(H,45,48)/t36-,37+,38-,40-/m0/s1. The first-order valence-corrected chi connectivity index (χ1v) is 17.3. The van der Waals surface area contributed by atoms with Gasteiger partial charge >= 0.3 is 5.97 Å². The maximum absolute atomic E-state index is 13.6. The van der Waals surface area contributed by atoms with Gasteiger partial charge in [-0.15, -0.1) is 13.2 Å². The number of amides is 2. The molecule has 51 heavy (non-hydrogen) atoms. The third-order valence-electron chi connectivity index (χ3n) is 8.51. The molecule has 0 fully saturated rings. The summed E-state index contributed by atoms with van der Waals surface area (Å²) in [6, 6.07) is 35.2. The van der Waals surface area contributed by atoms with E-state index in [1.807, 2.05) is 115 Å². The predicted molar refractivity (Wildman–Crippen MR) is 200 cm³/mol. The number of carbonyl (C=O) groups excluding carboxylic acids is 3. The number of aliphatic hydroxyl groups is 1. The van der Waals surface area contributed by atoms with E-state index in [1.54, 1.807) is 12.2 Å². The van der Waals surface area contributed by atoms with Gasteiger partial charge in [0.05, 0.1) is 30.5 Å². The number of hydrogen-bond acceptors (Lipinski definition) is 6. The maximum atomic E-state index is 13.6. The van der Waals surface area contributed by atoms with Gasteiger partial charge in [-0.2, -0.15) is 0 Å².